The van der Waals surface area contributed by atoms with Crippen LogP contribution in [0.25, 0.3) is 0 Å². The van der Waals surface area contributed by atoms with E-state index in [1.807, 2.05) is 51.1 Å². The molecule has 1 aromatic carbocycles. The second kappa shape index (κ2) is 7.51. The summed E-state index contributed by atoms with van der Waals surface area (Å²) in [5, 5.41) is 0. The second-order valence-corrected chi connectivity index (χ2v) is 6.32. The molecule has 1 amide bonds. The third-order valence-corrected chi connectivity index (χ3v) is 4.52. The Morgan fingerprint density at radius 2 is 1.72 bits per heavy atom. The summed E-state index contributed by atoms with van der Waals surface area (Å²) in [7, 11) is 0. The molecule has 1 aliphatic rings. The highest BCUT2D eigenvalue weighted by Gasteiger charge is 2.24. The summed E-state index contributed by atoms with van der Waals surface area (Å²) < 4.78 is 5.41. The first kappa shape index (κ1) is 17.2. The molecule has 3 rings (SSSR count). The third-order valence-electron chi connectivity index (χ3n) is 4.52. The minimum absolute atomic E-state index is 0.254. The molecule has 1 fully saturated rings. The Labute approximate surface area is 148 Å². The maximum atomic E-state index is 12.2. The fourth-order valence-electron chi connectivity index (χ4n) is 2.97. The zero-order valence-corrected chi connectivity index (χ0v) is 15.0. The molecule has 0 N–H and O–H groups in total. The number of aryl methyl sites for hydroxylation is 2. The van der Waals surface area contributed by atoms with Gasteiger partial charge in [0.15, 0.2) is 0 Å². The molecule has 6 heteroatoms. The summed E-state index contributed by atoms with van der Waals surface area (Å²) in [6, 6.07) is 9.73. The number of nitrogens with zero attached hydrogens (tertiary/aromatic N) is 4. The van der Waals surface area contributed by atoms with E-state index in [0.29, 0.717) is 19.7 Å². The quantitative estimate of drug-likeness (QED) is 0.860. The van der Waals surface area contributed by atoms with Gasteiger partial charge >= 0.3 is 6.09 Å². The predicted octanol–water partition coefficient (Wildman–Crippen LogP) is 2.86. The Kier molecular flexibility index (Phi) is 5.16. The standard InChI is InChI=1S/C19H24N4O2/c1-14-15(2)20-16(3)21-18(14)22-9-11-23(12-10-22)19(24)25-13-17-7-5-4-6-8-17/h4-8H,9-13H2,1-3H3. The molecular formula is C19H24N4O2. The minimum atomic E-state index is -0.254. The van der Waals surface area contributed by atoms with Crippen LogP contribution in [0, 0.1) is 20.8 Å². The Hall–Kier alpha value is -2.63. The van der Waals surface area contributed by atoms with Gasteiger partial charge in [-0.15, -0.1) is 0 Å². The summed E-state index contributed by atoms with van der Waals surface area (Å²) in [5.41, 5.74) is 3.11. The van der Waals surface area contributed by atoms with Gasteiger partial charge in [-0.05, 0) is 26.3 Å². The van der Waals surface area contributed by atoms with Crippen LogP contribution in [0.1, 0.15) is 22.6 Å². The van der Waals surface area contributed by atoms with Gasteiger partial charge in [-0.3, -0.25) is 0 Å². The van der Waals surface area contributed by atoms with E-state index in [4.69, 9.17) is 4.74 Å². The maximum Gasteiger partial charge on any atom is 0.410 e. The van der Waals surface area contributed by atoms with Crippen molar-refractivity contribution in [2.75, 3.05) is 31.1 Å². The number of piperazine rings is 1. The number of ether oxygens (including phenoxy) is 1. The van der Waals surface area contributed by atoms with Crippen LogP contribution < -0.4 is 4.90 Å². The minimum Gasteiger partial charge on any atom is -0.445 e. The lowest BCUT2D eigenvalue weighted by atomic mass is 10.2. The predicted molar refractivity (Wildman–Crippen MR) is 96.7 cm³/mol. The summed E-state index contributed by atoms with van der Waals surface area (Å²) >= 11 is 0. The molecule has 0 unspecified atom stereocenters. The zero-order chi connectivity index (χ0) is 17.8. The smallest absolute Gasteiger partial charge is 0.410 e. The van der Waals surface area contributed by atoms with E-state index < -0.39 is 0 Å². The molecule has 0 spiro atoms. The number of benzene rings is 1. The molecule has 6 nitrogen and oxygen atoms in total. The molecule has 2 heterocycles. The average molecular weight is 340 g/mol. The van der Waals surface area contributed by atoms with Gasteiger partial charge in [0.2, 0.25) is 0 Å². The van der Waals surface area contributed by atoms with Crippen molar-refractivity contribution >= 4 is 11.9 Å². The number of hydrogen-bond donors (Lipinski definition) is 0. The molecule has 1 saturated heterocycles. The van der Waals surface area contributed by atoms with Crippen LogP contribution in [0.15, 0.2) is 30.3 Å². The first-order valence-corrected chi connectivity index (χ1v) is 8.57. The Morgan fingerprint density at radius 1 is 1.04 bits per heavy atom. The van der Waals surface area contributed by atoms with E-state index in [1.165, 1.54) is 0 Å². The largest absolute Gasteiger partial charge is 0.445 e. The van der Waals surface area contributed by atoms with Crippen LogP contribution in [-0.2, 0) is 11.3 Å². The molecule has 1 aliphatic heterocycles. The van der Waals surface area contributed by atoms with Crippen molar-refractivity contribution in [3.8, 4) is 0 Å². The second-order valence-electron chi connectivity index (χ2n) is 6.32. The van der Waals surface area contributed by atoms with Crippen molar-refractivity contribution in [3.05, 3.63) is 53.0 Å². The van der Waals surface area contributed by atoms with Gasteiger partial charge in [-0.2, -0.15) is 0 Å². The molecule has 0 aliphatic carbocycles. The third kappa shape index (κ3) is 4.07. The number of carbonyl (C=O) groups is 1. The van der Waals surface area contributed by atoms with E-state index in [-0.39, 0.29) is 6.09 Å². The topological polar surface area (TPSA) is 58.6 Å². The zero-order valence-electron chi connectivity index (χ0n) is 15.0. The number of rotatable bonds is 3. The van der Waals surface area contributed by atoms with Gasteiger partial charge in [0.25, 0.3) is 0 Å². The van der Waals surface area contributed by atoms with Gasteiger partial charge in [-0.25, -0.2) is 14.8 Å². The van der Waals surface area contributed by atoms with Gasteiger partial charge in [0.1, 0.15) is 18.2 Å². The summed E-state index contributed by atoms with van der Waals surface area (Å²) in [6.07, 6.45) is -0.254. The van der Waals surface area contributed by atoms with Gasteiger partial charge < -0.3 is 14.5 Å². The normalized spacial score (nSPS) is 14.5. The van der Waals surface area contributed by atoms with Crippen LogP contribution in [-0.4, -0.2) is 47.1 Å². The molecule has 1 aromatic heterocycles. The molecule has 25 heavy (non-hydrogen) atoms. The average Bonchev–Trinajstić information content (AvgIpc) is 2.63. The summed E-state index contributed by atoms with van der Waals surface area (Å²) in [4.78, 5) is 25.2. The first-order valence-electron chi connectivity index (χ1n) is 8.57. The number of hydrogen-bond acceptors (Lipinski definition) is 5. The SMILES string of the molecule is Cc1nc(C)c(C)c(N2CCN(C(=O)OCc3ccccc3)CC2)n1. The molecule has 2 aromatic rings. The van der Waals surface area contributed by atoms with E-state index in [9.17, 15) is 4.79 Å². The molecule has 0 radical (unpaired) electrons. The monoisotopic (exact) mass is 340 g/mol. The fraction of sp³-hybridized carbons (Fsp3) is 0.421. The van der Waals surface area contributed by atoms with E-state index in [0.717, 1.165) is 41.6 Å². The molecule has 0 saturated carbocycles. The number of aromatic nitrogens is 2. The van der Waals surface area contributed by atoms with Crippen LogP contribution in [0.3, 0.4) is 0 Å². The summed E-state index contributed by atoms with van der Waals surface area (Å²) in [5.74, 6) is 1.75. The van der Waals surface area contributed by atoms with Gasteiger partial charge in [0.05, 0.1) is 0 Å². The van der Waals surface area contributed by atoms with Crippen LogP contribution >= 0.6 is 0 Å². The lowest BCUT2D eigenvalue weighted by Gasteiger charge is -2.35. The van der Waals surface area contributed by atoms with Crippen molar-refractivity contribution in [1.29, 1.82) is 0 Å². The van der Waals surface area contributed by atoms with Crippen molar-refractivity contribution in [2.24, 2.45) is 0 Å². The molecular weight excluding hydrogens is 316 g/mol. The summed E-state index contributed by atoms with van der Waals surface area (Å²) in [6.45, 7) is 9.03. The van der Waals surface area contributed by atoms with Crippen molar-refractivity contribution in [2.45, 2.75) is 27.4 Å². The maximum absolute atomic E-state index is 12.2. The Morgan fingerprint density at radius 3 is 2.40 bits per heavy atom. The highest BCUT2D eigenvalue weighted by molar-refractivity contribution is 5.68. The van der Waals surface area contributed by atoms with E-state index in [2.05, 4.69) is 14.9 Å². The Bertz CT molecular complexity index is 741. The van der Waals surface area contributed by atoms with Gasteiger partial charge in [-0.1, -0.05) is 30.3 Å². The fourth-order valence-corrected chi connectivity index (χ4v) is 2.97. The highest BCUT2D eigenvalue weighted by Crippen LogP contribution is 2.21. The van der Waals surface area contributed by atoms with Crippen molar-refractivity contribution in [1.82, 2.24) is 14.9 Å². The van der Waals surface area contributed by atoms with Gasteiger partial charge in [0, 0.05) is 37.4 Å². The van der Waals surface area contributed by atoms with Crippen LogP contribution in [0.2, 0.25) is 0 Å². The first-order chi connectivity index (χ1) is 12.0. The number of amides is 1. The molecule has 0 atom stereocenters. The van der Waals surface area contributed by atoms with Crippen LogP contribution in [0.4, 0.5) is 10.6 Å². The Balaban J connectivity index is 1.56. The van der Waals surface area contributed by atoms with E-state index in [1.54, 1.807) is 4.90 Å². The molecule has 0 bridgehead atoms. The lowest BCUT2D eigenvalue weighted by molar-refractivity contribution is 0.0941. The van der Waals surface area contributed by atoms with Crippen molar-refractivity contribution in [3.63, 3.8) is 0 Å². The van der Waals surface area contributed by atoms with Crippen molar-refractivity contribution < 1.29 is 9.53 Å². The molecule has 132 valence electrons. The number of anilines is 1. The van der Waals surface area contributed by atoms with Crippen LogP contribution in [0.5, 0.6) is 0 Å². The lowest BCUT2D eigenvalue weighted by Crippen LogP contribution is -2.49. The number of carbonyl (C=O) groups excluding carboxylic acids is 1. The highest BCUT2D eigenvalue weighted by atomic mass is 16.6. The van der Waals surface area contributed by atoms with E-state index >= 15 is 0 Å².